The molecule has 0 aliphatic rings. The molecule has 0 radical (unpaired) electrons. The molecule has 5 rings (SSSR count). The zero-order valence-electron chi connectivity index (χ0n) is 20.1. The van der Waals surface area contributed by atoms with Crippen LogP contribution in [0.25, 0.3) is 21.5 Å². The van der Waals surface area contributed by atoms with Gasteiger partial charge in [-0.05, 0) is 33.7 Å². The van der Waals surface area contributed by atoms with E-state index in [-0.39, 0.29) is 23.0 Å². The predicted octanol–water partition coefficient (Wildman–Crippen LogP) is 5.47. The number of esters is 2. The molecule has 7 heteroatoms. The summed E-state index contributed by atoms with van der Waals surface area (Å²) in [5, 5.41) is 3.32. The molecule has 0 spiro atoms. The van der Waals surface area contributed by atoms with Crippen molar-refractivity contribution in [1.82, 2.24) is 4.98 Å². The first-order chi connectivity index (χ1) is 18.5. The van der Waals surface area contributed by atoms with Crippen molar-refractivity contribution in [2.45, 2.75) is 0 Å². The van der Waals surface area contributed by atoms with Gasteiger partial charge in [-0.1, -0.05) is 91.0 Å². The number of fused-ring (bicyclic) bond motifs is 2. The van der Waals surface area contributed by atoms with Crippen molar-refractivity contribution in [2.75, 3.05) is 13.2 Å². The fourth-order valence-electron chi connectivity index (χ4n) is 4.16. The highest BCUT2D eigenvalue weighted by atomic mass is 16.5. The molecular weight excluding hydrogens is 482 g/mol. The average molecular weight is 504 g/mol. The number of Topliss-reactive ketones (excluding diaryl/α,β-unsaturated/α-hetero) is 2. The van der Waals surface area contributed by atoms with Gasteiger partial charge in [0.25, 0.3) is 0 Å². The molecule has 0 amide bonds. The van der Waals surface area contributed by atoms with Gasteiger partial charge in [-0.15, -0.1) is 0 Å². The Kier molecular flexibility index (Phi) is 6.99. The summed E-state index contributed by atoms with van der Waals surface area (Å²) < 4.78 is 10.3. The van der Waals surface area contributed by atoms with Gasteiger partial charge < -0.3 is 9.47 Å². The molecule has 7 nitrogen and oxygen atoms in total. The van der Waals surface area contributed by atoms with Crippen LogP contribution in [0, 0.1) is 0 Å². The Morgan fingerprint density at radius 3 is 1.37 bits per heavy atom. The Bertz CT molecular complexity index is 1570. The average Bonchev–Trinajstić information content (AvgIpc) is 2.97. The van der Waals surface area contributed by atoms with E-state index >= 15 is 0 Å². The number of carbonyl (C=O) groups is 4. The molecule has 0 fully saturated rings. The zero-order valence-corrected chi connectivity index (χ0v) is 20.1. The van der Waals surface area contributed by atoms with Crippen LogP contribution in [0.15, 0.2) is 103 Å². The largest absolute Gasteiger partial charge is 0.453 e. The molecule has 0 N–H and O–H groups in total. The van der Waals surface area contributed by atoms with Crippen LogP contribution < -0.4 is 0 Å². The van der Waals surface area contributed by atoms with Crippen LogP contribution in [0.2, 0.25) is 0 Å². The number of ketones is 2. The number of rotatable bonds is 8. The van der Waals surface area contributed by atoms with Crippen molar-refractivity contribution in [3.05, 3.63) is 126 Å². The number of pyridine rings is 1. The molecular formula is C31H21NO6. The van der Waals surface area contributed by atoms with Crippen LogP contribution in [-0.2, 0) is 9.47 Å². The topological polar surface area (TPSA) is 99.6 Å². The fourth-order valence-corrected chi connectivity index (χ4v) is 4.16. The second-order valence-corrected chi connectivity index (χ2v) is 8.46. The summed E-state index contributed by atoms with van der Waals surface area (Å²) in [4.78, 5) is 54.5. The molecule has 0 unspecified atom stereocenters. The lowest BCUT2D eigenvalue weighted by Crippen LogP contribution is -2.18. The first-order valence-electron chi connectivity index (χ1n) is 11.8. The standard InChI is InChI=1S/C31H21NO6/c33-28(24-14-5-10-20-8-1-3-12-22(20)24)18-37-30(35)26-16-7-17-27(32-26)31(36)38-19-29(34)25-15-6-11-21-9-2-4-13-23(21)25/h1-17H,18-19H2. The SMILES string of the molecule is O=C(OCC(=O)c1cccc2ccccc12)c1cccc(C(=O)OCC(=O)c2cccc3ccccc23)n1. The summed E-state index contributed by atoms with van der Waals surface area (Å²) in [6, 6.07) is 29.7. The molecule has 5 aromatic rings. The maximum Gasteiger partial charge on any atom is 0.357 e. The number of benzene rings is 4. The molecule has 0 bridgehead atoms. The Balaban J connectivity index is 1.22. The summed E-state index contributed by atoms with van der Waals surface area (Å²) in [5.41, 5.74) is 0.560. The van der Waals surface area contributed by atoms with E-state index in [0.29, 0.717) is 11.1 Å². The molecule has 1 heterocycles. The molecule has 0 saturated heterocycles. The highest BCUT2D eigenvalue weighted by Crippen LogP contribution is 2.20. The quantitative estimate of drug-likeness (QED) is 0.205. The van der Waals surface area contributed by atoms with Gasteiger partial charge in [-0.25, -0.2) is 14.6 Å². The van der Waals surface area contributed by atoms with E-state index in [4.69, 9.17) is 9.47 Å². The van der Waals surface area contributed by atoms with Gasteiger partial charge >= 0.3 is 11.9 Å². The van der Waals surface area contributed by atoms with Gasteiger partial charge in [0.1, 0.15) is 11.4 Å². The van der Waals surface area contributed by atoms with Crippen LogP contribution in [-0.4, -0.2) is 41.7 Å². The van der Waals surface area contributed by atoms with Crippen LogP contribution >= 0.6 is 0 Å². The van der Waals surface area contributed by atoms with Crippen molar-refractivity contribution >= 4 is 45.0 Å². The van der Waals surface area contributed by atoms with Crippen LogP contribution in [0.4, 0.5) is 0 Å². The van der Waals surface area contributed by atoms with Crippen molar-refractivity contribution in [3.8, 4) is 0 Å². The predicted molar refractivity (Wildman–Crippen MR) is 141 cm³/mol. The van der Waals surface area contributed by atoms with E-state index in [1.54, 1.807) is 24.3 Å². The van der Waals surface area contributed by atoms with Gasteiger partial charge in [0.15, 0.2) is 13.2 Å². The third kappa shape index (κ3) is 5.17. The summed E-state index contributed by atoms with van der Waals surface area (Å²) in [6.45, 7) is -0.967. The van der Waals surface area contributed by atoms with E-state index in [1.165, 1.54) is 18.2 Å². The van der Waals surface area contributed by atoms with Crippen molar-refractivity contribution < 1.29 is 28.7 Å². The van der Waals surface area contributed by atoms with E-state index < -0.39 is 25.2 Å². The summed E-state index contributed by atoms with van der Waals surface area (Å²) in [7, 11) is 0. The maximum absolute atomic E-state index is 12.7. The first-order valence-corrected chi connectivity index (χ1v) is 11.8. The lowest BCUT2D eigenvalue weighted by molar-refractivity contribution is 0.0457. The molecule has 0 atom stereocenters. The third-order valence-electron chi connectivity index (χ3n) is 6.02. The number of carbonyl (C=O) groups excluding carboxylic acids is 4. The zero-order chi connectivity index (χ0) is 26.5. The van der Waals surface area contributed by atoms with E-state index in [9.17, 15) is 19.2 Å². The van der Waals surface area contributed by atoms with Crippen LogP contribution in [0.5, 0.6) is 0 Å². The summed E-state index contributed by atoms with van der Waals surface area (Å²) in [6.07, 6.45) is 0. The van der Waals surface area contributed by atoms with E-state index in [2.05, 4.69) is 4.98 Å². The number of aromatic nitrogens is 1. The minimum Gasteiger partial charge on any atom is -0.453 e. The van der Waals surface area contributed by atoms with Gasteiger partial charge in [0.05, 0.1) is 0 Å². The second-order valence-electron chi connectivity index (χ2n) is 8.46. The number of ether oxygens (including phenoxy) is 2. The number of nitrogens with zero attached hydrogens (tertiary/aromatic N) is 1. The van der Waals surface area contributed by atoms with Gasteiger partial charge in [-0.2, -0.15) is 0 Å². The Morgan fingerprint density at radius 2 is 0.895 bits per heavy atom. The lowest BCUT2D eigenvalue weighted by atomic mass is 10.0. The maximum atomic E-state index is 12.7. The third-order valence-corrected chi connectivity index (χ3v) is 6.02. The molecule has 186 valence electrons. The summed E-state index contributed by atoms with van der Waals surface area (Å²) >= 11 is 0. The molecule has 0 aliphatic carbocycles. The van der Waals surface area contributed by atoms with Gasteiger partial charge in [0.2, 0.25) is 11.6 Å². The highest BCUT2D eigenvalue weighted by Gasteiger charge is 2.19. The molecule has 38 heavy (non-hydrogen) atoms. The van der Waals surface area contributed by atoms with Crippen molar-refractivity contribution in [1.29, 1.82) is 0 Å². The lowest BCUT2D eigenvalue weighted by Gasteiger charge is -2.08. The van der Waals surface area contributed by atoms with Crippen molar-refractivity contribution in [2.24, 2.45) is 0 Å². The molecule has 1 aromatic heterocycles. The van der Waals surface area contributed by atoms with E-state index in [0.717, 1.165) is 21.5 Å². The Morgan fingerprint density at radius 1 is 0.500 bits per heavy atom. The normalized spacial score (nSPS) is 10.7. The smallest absolute Gasteiger partial charge is 0.357 e. The minimum atomic E-state index is -0.861. The highest BCUT2D eigenvalue weighted by molar-refractivity contribution is 6.10. The second kappa shape index (κ2) is 10.8. The van der Waals surface area contributed by atoms with Gasteiger partial charge in [-0.3, -0.25) is 9.59 Å². The molecule has 0 saturated carbocycles. The molecule has 0 aliphatic heterocycles. The van der Waals surface area contributed by atoms with Gasteiger partial charge in [0, 0.05) is 11.1 Å². The molecule has 4 aromatic carbocycles. The number of hydrogen-bond donors (Lipinski definition) is 0. The van der Waals surface area contributed by atoms with Crippen LogP contribution in [0.3, 0.4) is 0 Å². The fraction of sp³-hybridized carbons (Fsp3) is 0.0645. The Labute approximate surface area is 217 Å². The minimum absolute atomic E-state index is 0.162. The Hall–Kier alpha value is -5.17. The first kappa shape index (κ1) is 24.5. The summed E-state index contributed by atoms with van der Waals surface area (Å²) in [5.74, 6) is -2.45. The number of hydrogen-bond acceptors (Lipinski definition) is 7. The van der Waals surface area contributed by atoms with Crippen molar-refractivity contribution in [3.63, 3.8) is 0 Å². The van der Waals surface area contributed by atoms with Crippen LogP contribution in [0.1, 0.15) is 41.7 Å². The monoisotopic (exact) mass is 503 g/mol. The van der Waals surface area contributed by atoms with E-state index in [1.807, 2.05) is 60.7 Å².